The summed E-state index contributed by atoms with van der Waals surface area (Å²) in [7, 11) is 0. The Morgan fingerprint density at radius 1 is 1.15 bits per heavy atom. The molecule has 0 spiro atoms. The molecule has 6 heteroatoms. The van der Waals surface area contributed by atoms with Crippen molar-refractivity contribution in [3.05, 3.63) is 35.9 Å². The standard InChI is InChI=1S/C20H31N3O3/c1-18(24)23(13-12-22-14-16-26-17-15-22)11-9-20(25)21-10-5-8-19-6-3-2-4-7-19/h2-4,6-7H,5,8-17H2,1H3,(H,21,25). The number of morpholine rings is 1. The summed E-state index contributed by atoms with van der Waals surface area (Å²) in [5.74, 6) is 0.0332. The number of hydrogen-bond donors (Lipinski definition) is 1. The van der Waals surface area contributed by atoms with Gasteiger partial charge in [0.05, 0.1) is 13.2 Å². The van der Waals surface area contributed by atoms with Crippen molar-refractivity contribution in [2.75, 3.05) is 52.5 Å². The van der Waals surface area contributed by atoms with Gasteiger partial charge in [-0.05, 0) is 18.4 Å². The zero-order valence-corrected chi connectivity index (χ0v) is 15.8. The Morgan fingerprint density at radius 3 is 2.58 bits per heavy atom. The molecule has 1 aliphatic rings. The molecule has 1 heterocycles. The van der Waals surface area contributed by atoms with E-state index in [-0.39, 0.29) is 11.8 Å². The average molecular weight is 361 g/mol. The van der Waals surface area contributed by atoms with Crippen LogP contribution in [0.25, 0.3) is 0 Å². The second-order valence-electron chi connectivity index (χ2n) is 6.65. The highest BCUT2D eigenvalue weighted by atomic mass is 16.5. The van der Waals surface area contributed by atoms with Crippen LogP contribution in [0, 0.1) is 0 Å². The molecule has 1 aromatic carbocycles. The largest absolute Gasteiger partial charge is 0.379 e. The Bertz CT molecular complexity index is 544. The van der Waals surface area contributed by atoms with Crippen LogP contribution >= 0.6 is 0 Å². The van der Waals surface area contributed by atoms with E-state index in [0.717, 1.165) is 45.7 Å². The van der Waals surface area contributed by atoms with E-state index in [1.54, 1.807) is 11.8 Å². The SMILES string of the molecule is CC(=O)N(CCC(=O)NCCCc1ccccc1)CCN1CCOCC1. The maximum absolute atomic E-state index is 12.0. The van der Waals surface area contributed by atoms with Crippen LogP contribution in [0.1, 0.15) is 25.3 Å². The maximum Gasteiger partial charge on any atom is 0.221 e. The lowest BCUT2D eigenvalue weighted by Gasteiger charge is -2.29. The van der Waals surface area contributed by atoms with Gasteiger partial charge in [-0.1, -0.05) is 30.3 Å². The van der Waals surface area contributed by atoms with Gasteiger partial charge >= 0.3 is 0 Å². The van der Waals surface area contributed by atoms with Crippen molar-refractivity contribution >= 4 is 11.8 Å². The first-order valence-corrected chi connectivity index (χ1v) is 9.51. The number of carbonyl (C=O) groups excluding carboxylic acids is 2. The van der Waals surface area contributed by atoms with Gasteiger partial charge in [0.1, 0.15) is 0 Å². The fourth-order valence-electron chi connectivity index (χ4n) is 3.00. The molecular formula is C20H31N3O3. The van der Waals surface area contributed by atoms with Gasteiger partial charge in [-0.15, -0.1) is 0 Å². The van der Waals surface area contributed by atoms with Gasteiger partial charge < -0.3 is 15.0 Å². The third-order valence-corrected chi connectivity index (χ3v) is 4.65. The molecule has 0 aromatic heterocycles. The van der Waals surface area contributed by atoms with Crippen LogP contribution in [0.5, 0.6) is 0 Å². The van der Waals surface area contributed by atoms with Crippen LogP contribution in [-0.4, -0.2) is 74.1 Å². The number of nitrogens with zero attached hydrogens (tertiary/aromatic N) is 2. The summed E-state index contributed by atoms with van der Waals surface area (Å²) in [5.41, 5.74) is 1.28. The number of ether oxygens (including phenoxy) is 1. The summed E-state index contributed by atoms with van der Waals surface area (Å²) >= 11 is 0. The van der Waals surface area contributed by atoms with Crippen molar-refractivity contribution in [1.29, 1.82) is 0 Å². The minimum Gasteiger partial charge on any atom is -0.379 e. The summed E-state index contributed by atoms with van der Waals surface area (Å²) in [4.78, 5) is 27.9. The lowest BCUT2D eigenvalue weighted by Crippen LogP contribution is -2.43. The molecule has 0 bridgehead atoms. The number of amides is 2. The van der Waals surface area contributed by atoms with Crippen LogP contribution in [0.4, 0.5) is 0 Å². The second kappa shape index (κ2) is 11.6. The molecule has 0 radical (unpaired) electrons. The minimum atomic E-state index is 0.00989. The predicted molar refractivity (Wildman–Crippen MR) is 102 cm³/mol. The van der Waals surface area contributed by atoms with Crippen molar-refractivity contribution in [3.8, 4) is 0 Å². The zero-order valence-electron chi connectivity index (χ0n) is 15.8. The van der Waals surface area contributed by atoms with Crippen molar-refractivity contribution in [2.24, 2.45) is 0 Å². The van der Waals surface area contributed by atoms with Gasteiger partial charge in [0.2, 0.25) is 11.8 Å². The summed E-state index contributed by atoms with van der Waals surface area (Å²) in [6, 6.07) is 10.3. The van der Waals surface area contributed by atoms with Gasteiger partial charge in [0.25, 0.3) is 0 Å². The Morgan fingerprint density at radius 2 is 1.88 bits per heavy atom. The molecular weight excluding hydrogens is 330 g/mol. The number of rotatable bonds is 10. The summed E-state index contributed by atoms with van der Waals surface area (Å²) in [6.07, 6.45) is 2.23. The molecule has 0 atom stereocenters. The van der Waals surface area contributed by atoms with Crippen molar-refractivity contribution in [2.45, 2.75) is 26.2 Å². The Balaban J connectivity index is 1.59. The molecule has 1 saturated heterocycles. The number of hydrogen-bond acceptors (Lipinski definition) is 4. The first kappa shape index (κ1) is 20.4. The molecule has 0 aliphatic carbocycles. The van der Waals surface area contributed by atoms with E-state index in [9.17, 15) is 9.59 Å². The van der Waals surface area contributed by atoms with Crippen LogP contribution in [0.3, 0.4) is 0 Å². The summed E-state index contributed by atoms with van der Waals surface area (Å²) in [5, 5.41) is 2.95. The van der Waals surface area contributed by atoms with E-state index in [1.807, 2.05) is 18.2 Å². The highest BCUT2D eigenvalue weighted by Crippen LogP contribution is 2.02. The third kappa shape index (κ3) is 7.97. The average Bonchev–Trinajstić information content (AvgIpc) is 2.66. The fourth-order valence-corrected chi connectivity index (χ4v) is 3.00. The molecule has 1 N–H and O–H groups in total. The van der Waals surface area contributed by atoms with Crippen LogP contribution in [0.2, 0.25) is 0 Å². The monoisotopic (exact) mass is 361 g/mol. The minimum absolute atomic E-state index is 0.00989. The molecule has 1 aliphatic heterocycles. The van der Waals surface area contributed by atoms with Crippen molar-refractivity contribution in [1.82, 2.24) is 15.1 Å². The Hall–Kier alpha value is -1.92. The van der Waals surface area contributed by atoms with Gasteiger partial charge in [0.15, 0.2) is 0 Å². The molecule has 6 nitrogen and oxygen atoms in total. The molecule has 2 amide bonds. The molecule has 0 unspecified atom stereocenters. The first-order valence-electron chi connectivity index (χ1n) is 9.51. The molecule has 2 rings (SSSR count). The normalized spacial score (nSPS) is 14.8. The fraction of sp³-hybridized carbons (Fsp3) is 0.600. The van der Waals surface area contributed by atoms with E-state index in [4.69, 9.17) is 4.74 Å². The topological polar surface area (TPSA) is 61.9 Å². The van der Waals surface area contributed by atoms with Gasteiger partial charge in [-0.2, -0.15) is 0 Å². The zero-order chi connectivity index (χ0) is 18.6. The van der Waals surface area contributed by atoms with E-state index in [1.165, 1.54) is 5.56 Å². The van der Waals surface area contributed by atoms with E-state index in [0.29, 0.717) is 26.1 Å². The molecule has 0 saturated carbocycles. The molecule has 26 heavy (non-hydrogen) atoms. The highest BCUT2D eigenvalue weighted by Gasteiger charge is 2.15. The summed E-state index contributed by atoms with van der Waals surface area (Å²) in [6.45, 7) is 7.54. The predicted octanol–water partition coefficient (Wildman–Crippen LogP) is 1.31. The third-order valence-electron chi connectivity index (χ3n) is 4.65. The smallest absolute Gasteiger partial charge is 0.221 e. The quantitative estimate of drug-likeness (QED) is 0.638. The van der Waals surface area contributed by atoms with Crippen LogP contribution in [0.15, 0.2) is 30.3 Å². The van der Waals surface area contributed by atoms with E-state index < -0.39 is 0 Å². The maximum atomic E-state index is 12.0. The number of aryl methyl sites for hydroxylation is 1. The van der Waals surface area contributed by atoms with Gasteiger partial charge in [0, 0.05) is 52.6 Å². The highest BCUT2D eigenvalue weighted by molar-refractivity contribution is 5.77. The molecule has 1 fully saturated rings. The second-order valence-corrected chi connectivity index (χ2v) is 6.65. The molecule has 144 valence electrons. The lowest BCUT2D eigenvalue weighted by molar-refractivity contribution is -0.130. The van der Waals surface area contributed by atoms with E-state index in [2.05, 4.69) is 22.3 Å². The van der Waals surface area contributed by atoms with Crippen molar-refractivity contribution in [3.63, 3.8) is 0 Å². The number of carbonyl (C=O) groups is 2. The van der Waals surface area contributed by atoms with Gasteiger partial charge in [-0.25, -0.2) is 0 Å². The Kier molecular flexibility index (Phi) is 9.14. The number of nitrogens with one attached hydrogen (secondary N) is 1. The van der Waals surface area contributed by atoms with Crippen molar-refractivity contribution < 1.29 is 14.3 Å². The Labute approximate surface area is 156 Å². The van der Waals surface area contributed by atoms with Crippen LogP contribution < -0.4 is 5.32 Å². The number of benzene rings is 1. The lowest BCUT2D eigenvalue weighted by atomic mass is 10.1. The van der Waals surface area contributed by atoms with Gasteiger partial charge in [-0.3, -0.25) is 14.5 Å². The summed E-state index contributed by atoms with van der Waals surface area (Å²) < 4.78 is 5.33. The first-order chi connectivity index (χ1) is 12.6. The van der Waals surface area contributed by atoms with Crippen LogP contribution in [-0.2, 0) is 20.7 Å². The van der Waals surface area contributed by atoms with E-state index >= 15 is 0 Å². The molecule has 1 aromatic rings.